The number of carbonyl (C=O) groups excluding carboxylic acids is 2. The average Bonchev–Trinajstić information content (AvgIpc) is 2.66. The summed E-state index contributed by atoms with van der Waals surface area (Å²) in [6.07, 6.45) is 0. The number of aryl methyl sites for hydroxylation is 2. The van der Waals surface area contributed by atoms with Gasteiger partial charge in [0.2, 0.25) is 0 Å². The molecule has 2 aromatic rings. The number of benzene rings is 2. The quantitative estimate of drug-likeness (QED) is 0.612. The van der Waals surface area contributed by atoms with Gasteiger partial charge in [0.05, 0.1) is 14.2 Å². The van der Waals surface area contributed by atoms with E-state index in [4.69, 9.17) is 9.47 Å². The Kier molecular flexibility index (Phi) is 6.38. The standard InChI is InChI=1S/C20H22N2O4/c1-13-5-9-15(10-6-13)21-17(19(23)25-3)18(20(24)26-4)22-16-11-7-14(2)8-12-16/h5-12,21-22H,1-4H3/b18-17-. The first-order valence-corrected chi connectivity index (χ1v) is 8.03. The highest BCUT2D eigenvalue weighted by Crippen LogP contribution is 2.19. The van der Waals surface area contributed by atoms with Crippen LogP contribution in [0.1, 0.15) is 11.1 Å². The fourth-order valence-electron chi connectivity index (χ4n) is 2.20. The summed E-state index contributed by atoms with van der Waals surface area (Å²) in [7, 11) is 2.50. The summed E-state index contributed by atoms with van der Waals surface area (Å²) >= 11 is 0. The fourth-order valence-corrected chi connectivity index (χ4v) is 2.20. The van der Waals surface area contributed by atoms with Crippen LogP contribution >= 0.6 is 0 Å². The van der Waals surface area contributed by atoms with Crippen molar-refractivity contribution in [2.45, 2.75) is 13.8 Å². The Morgan fingerprint density at radius 3 is 1.23 bits per heavy atom. The molecule has 136 valence electrons. The zero-order valence-corrected chi connectivity index (χ0v) is 15.3. The smallest absolute Gasteiger partial charge is 0.356 e. The second kappa shape index (κ2) is 8.71. The fraction of sp³-hybridized carbons (Fsp3) is 0.200. The third kappa shape index (κ3) is 4.86. The van der Waals surface area contributed by atoms with Gasteiger partial charge in [-0.2, -0.15) is 0 Å². The van der Waals surface area contributed by atoms with E-state index in [9.17, 15) is 9.59 Å². The first kappa shape index (κ1) is 19.1. The second-order valence-electron chi connectivity index (χ2n) is 5.72. The van der Waals surface area contributed by atoms with Crippen LogP contribution < -0.4 is 10.6 Å². The van der Waals surface area contributed by atoms with Crippen molar-refractivity contribution in [1.82, 2.24) is 0 Å². The Morgan fingerprint density at radius 1 is 0.654 bits per heavy atom. The molecule has 2 N–H and O–H groups in total. The third-order valence-corrected chi connectivity index (χ3v) is 3.67. The second-order valence-corrected chi connectivity index (χ2v) is 5.72. The molecule has 0 aliphatic rings. The Bertz CT molecular complexity index is 739. The summed E-state index contributed by atoms with van der Waals surface area (Å²) in [4.78, 5) is 24.6. The van der Waals surface area contributed by atoms with Crippen molar-refractivity contribution in [3.8, 4) is 0 Å². The molecule has 6 heteroatoms. The number of methoxy groups -OCH3 is 2. The monoisotopic (exact) mass is 354 g/mol. The number of ether oxygens (including phenoxy) is 2. The van der Waals surface area contributed by atoms with Crippen LogP contribution in [0.5, 0.6) is 0 Å². The summed E-state index contributed by atoms with van der Waals surface area (Å²) in [5, 5.41) is 5.89. The number of hydrogen-bond acceptors (Lipinski definition) is 6. The summed E-state index contributed by atoms with van der Waals surface area (Å²) in [5.74, 6) is -1.38. The normalized spacial score (nSPS) is 11.2. The number of nitrogens with one attached hydrogen (secondary N) is 2. The molecule has 2 aromatic carbocycles. The van der Waals surface area contributed by atoms with Crippen LogP contribution in [-0.4, -0.2) is 26.2 Å². The van der Waals surface area contributed by atoms with Crippen LogP contribution in [-0.2, 0) is 19.1 Å². The van der Waals surface area contributed by atoms with E-state index < -0.39 is 11.9 Å². The molecule has 0 aliphatic carbocycles. The van der Waals surface area contributed by atoms with Crippen LogP contribution in [0, 0.1) is 13.8 Å². The molecule has 0 fully saturated rings. The van der Waals surface area contributed by atoms with Gasteiger partial charge in [-0.25, -0.2) is 9.59 Å². The lowest BCUT2D eigenvalue weighted by molar-refractivity contribution is -0.139. The molecule has 26 heavy (non-hydrogen) atoms. The van der Waals surface area contributed by atoms with Crippen LogP contribution in [0.2, 0.25) is 0 Å². The predicted molar refractivity (Wildman–Crippen MR) is 101 cm³/mol. The molecule has 0 saturated heterocycles. The van der Waals surface area contributed by atoms with Gasteiger partial charge in [-0.1, -0.05) is 35.4 Å². The highest BCUT2D eigenvalue weighted by Gasteiger charge is 2.23. The minimum Gasteiger partial charge on any atom is -0.464 e. The largest absolute Gasteiger partial charge is 0.464 e. The third-order valence-electron chi connectivity index (χ3n) is 3.67. The Labute approximate surface area is 152 Å². The SMILES string of the molecule is COC(=O)/C(Nc1ccc(C)cc1)=C(/Nc1ccc(C)cc1)C(=O)OC. The molecular formula is C20H22N2O4. The number of rotatable bonds is 6. The van der Waals surface area contributed by atoms with E-state index in [1.54, 1.807) is 24.3 Å². The number of hydrogen-bond donors (Lipinski definition) is 2. The van der Waals surface area contributed by atoms with Gasteiger partial charge in [-0.15, -0.1) is 0 Å². The average molecular weight is 354 g/mol. The van der Waals surface area contributed by atoms with E-state index in [1.807, 2.05) is 38.1 Å². The molecule has 0 atom stereocenters. The molecule has 0 unspecified atom stereocenters. The first-order valence-electron chi connectivity index (χ1n) is 8.03. The Balaban J connectivity index is 2.46. The molecule has 0 spiro atoms. The lowest BCUT2D eigenvalue weighted by Gasteiger charge is -2.16. The van der Waals surface area contributed by atoms with Gasteiger partial charge in [0.25, 0.3) is 0 Å². The molecule has 0 radical (unpaired) electrons. The van der Waals surface area contributed by atoms with E-state index in [0.717, 1.165) is 11.1 Å². The molecule has 0 aliphatic heterocycles. The van der Waals surface area contributed by atoms with Crippen LogP contribution in [0.15, 0.2) is 59.9 Å². The zero-order valence-electron chi connectivity index (χ0n) is 15.3. The molecule has 0 amide bonds. The maximum Gasteiger partial charge on any atom is 0.356 e. The van der Waals surface area contributed by atoms with Gasteiger partial charge in [0.15, 0.2) is 11.4 Å². The summed E-state index contributed by atoms with van der Waals surface area (Å²) in [6.45, 7) is 3.92. The van der Waals surface area contributed by atoms with E-state index >= 15 is 0 Å². The number of anilines is 2. The maximum absolute atomic E-state index is 12.3. The molecule has 2 rings (SSSR count). The van der Waals surface area contributed by atoms with E-state index in [2.05, 4.69) is 10.6 Å². The first-order chi connectivity index (χ1) is 12.4. The van der Waals surface area contributed by atoms with Gasteiger partial charge < -0.3 is 20.1 Å². The van der Waals surface area contributed by atoms with Crippen molar-refractivity contribution in [3.05, 3.63) is 71.1 Å². The molecule has 0 bridgehead atoms. The Morgan fingerprint density at radius 2 is 0.962 bits per heavy atom. The molecule has 6 nitrogen and oxygen atoms in total. The van der Waals surface area contributed by atoms with E-state index in [-0.39, 0.29) is 11.4 Å². The lowest BCUT2D eigenvalue weighted by atomic mass is 10.2. The van der Waals surface area contributed by atoms with Crippen LogP contribution in [0.3, 0.4) is 0 Å². The number of esters is 2. The van der Waals surface area contributed by atoms with Crippen molar-refractivity contribution in [2.24, 2.45) is 0 Å². The highest BCUT2D eigenvalue weighted by molar-refractivity contribution is 6.04. The number of carbonyl (C=O) groups is 2. The van der Waals surface area contributed by atoms with Gasteiger partial charge in [0, 0.05) is 11.4 Å². The van der Waals surface area contributed by atoms with Crippen molar-refractivity contribution in [1.29, 1.82) is 0 Å². The van der Waals surface area contributed by atoms with Crippen molar-refractivity contribution < 1.29 is 19.1 Å². The summed E-state index contributed by atoms with van der Waals surface area (Å²) in [5.41, 5.74) is 3.36. The van der Waals surface area contributed by atoms with Crippen molar-refractivity contribution >= 4 is 23.3 Å². The minimum atomic E-state index is -0.689. The van der Waals surface area contributed by atoms with Gasteiger partial charge in [-0.3, -0.25) is 0 Å². The predicted octanol–water partition coefficient (Wildman–Crippen LogP) is 3.39. The summed E-state index contributed by atoms with van der Waals surface area (Å²) in [6, 6.07) is 14.8. The Hall–Kier alpha value is -3.28. The molecule has 0 aromatic heterocycles. The zero-order chi connectivity index (χ0) is 19.1. The lowest BCUT2D eigenvalue weighted by Crippen LogP contribution is -2.24. The van der Waals surface area contributed by atoms with E-state index in [1.165, 1.54) is 14.2 Å². The molecule has 0 heterocycles. The maximum atomic E-state index is 12.3. The van der Waals surface area contributed by atoms with Gasteiger partial charge >= 0.3 is 11.9 Å². The van der Waals surface area contributed by atoms with E-state index in [0.29, 0.717) is 11.4 Å². The minimum absolute atomic E-state index is 0.0382. The van der Waals surface area contributed by atoms with Gasteiger partial charge in [-0.05, 0) is 38.1 Å². The summed E-state index contributed by atoms with van der Waals surface area (Å²) < 4.78 is 9.67. The van der Waals surface area contributed by atoms with Crippen molar-refractivity contribution in [2.75, 3.05) is 24.9 Å². The van der Waals surface area contributed by atoms with Gasteiger partial charge in [0.1, 0.15) is 0 Å². The highest BCUT2D eigenvalue weighted by atomic mass is 16.5. The topological polar surface area (TPSA) is 76.7 Å². The molecular weight excluding hydrogens is 332 g/mol. The van der Waals surface area contributed by atoms with Crippen LogP contribution in [0.4, 0.5) is 11.4 Å². The van der Waals surface area contributed by atoms with Crippen LogP contribution in [0.25, 0.3) is 0 Å². The van der Waals surface area contributed by atoms with Crippen molar-refractivity contribution in [3.63, 3.8) is 0 Å². The molecule has 0 saturated carbocycles.